The monoisotopic (exact) mass is 400 g/mol. The maximum absolute atomic E-state index is 13.2. The predicted octanol–water partition coefficient (Wildman–Crippen LogP) is 3.39. The van der Waals surface area contributed by atoms with Gasteiger partial charge in [-0.25, -0.2) is 0 Å². The molecular weight excluding hydrogens is 376 g/mol. The number of fused-ring (bicyclic) bond motifs is 1. The zero-order valence-corrected chi connectivity index (χ0v) is 16.7. The highest BCUT2D eigenvalue weighted by Crippen LogP contribution is 2.45. The van der Waals surface area contributed by atoms with Gasteiger partial charge in [-0.2, -0.15) is 0 Å². The fraction of sp³-hybridized carbons (Fsp3) is 0.280. The number of amides is 2. The number of rotatable bonds is 3. The van der Waals surface area contributed by atoms with Crippen molar-refractivity contribution in [3.8, 4) is 0 Å². The Morgan fingerprint density at radius 2 is 1.57 bits per heavy atom. The third-order valence-corrected chi connectivity index (χ3v) is 6.38. The average molecular weight is 400 g/mol. The van der Waals surface area contributed by atoms with Crippen molar-refractivity contribution >= 4 is 22.6 Å². The molecule has 3 aromatic carbocycles. The normalized spacial score (nSPS) is 18.4. The summed E-state index contributed by atoms with van der Waals surface area (Å²) >= 11 is 0. The third kappa shape index (κ3) is 3.25. The molecule has 3 aromatic rings. The topological polar surface area (TPSA) is 60.9 Å². The number of hydrogen-bond donors (Lipinski definition) is 1. The fourth-order valence-corrected chi connectivity index (χ4v) is 4.50. The van der Waals surface area contributed by atoms with Crippen LogP contribution in [0.15, 0.2) is 72.8 Å². The molecule has 1 unspecified atom stereocenters. The van der Waals surface area contributed by atoms with Crippen molar-refractivity contribution in [1.82, 2.24) is 9.80 Å². The molecule has 1 saturated carbocycles. The summed E-state index contributed by atoms with van der Waals surface area (Å²) in [7, 11) is 0. The highest BCUT2D eigenvalue weighted by Gasteiger charge is 2.54. The number of aliphatic hydroxyl groups excluding tert-OH is 1. The van der Waals surface area contributed by atoms with Crippen LogP contribution >= 0.6 is 0 Å². The Morgan fingerprint density at radius 3 is 2.30 bits per heavy atom. The molecule has 0 aromatic heterocycles. The van der Waals surface area contributed by atoms with Gasteiger partial charge < -0.3 is 14.9 Å². The molecule has 2 fully saturated rings. The van der Waals surface area contributed by atoms with Gasteiger partial charge in [0.2, 0.25) is 0 Å². The maximum Gasteiger partial charge on any atom is 0.256 e. The van der Waals surface area contributed by atoms with Gasteiger partial charge in [-0.05, 0) is 47.4 Å². The van der Waals surface area contributed by atoms with Crippen molar-refractivity contribution in [2.24, 2.45) is 0 Å². The van der Waals surface area contributed by atoms with Crippen molar-refractivity contribution in [2.45, 2.75) is 24.5 Å². The van der Waals surface area contributed by atoms with Crippen molar-refractivity contribution in [3.63, 3.8) is 0 Å². The lowest BCUT2D eigenvalue weighted by Gasteiger charge is -2.43. The molecule has 1 aliphatic carbocycles. The SMILES string of the molecule is O=C(c1ccccc1)N1CCN(C(=O)C(O)c2ccc3ccccc3c2)C2(CC2)C1. The number of benzene rings is 3. The Balaban J connectivity index is 1.33. The first kappa shape index (κ1) is 18.8. The van der Waals surface area contributed by atoms with Crippen LogP contribution < -0.4 is 0 Å². The molecule has 1 N–H and O–H groups in total. The minimum Gasteiger partial charge on any atom is -0.378 e. The predicted molar refractivity (Wildman–Crippen MR) is 115 cm³/mol. The Kier molecular flexibility index (Phi) is 4.55. The molecular formula is C25H24N2O3. The Bertz CT molecular complexity index is 1110. The molecule has 152 valence electrons. The second-order valence-corrected chi connectivity index (χ2v) is 8.32. The van der Waals surface area contributed by atoms with E-state index in [0.717, 1.165) is 23.6 Å². The molecule has 1 heterocycles. The summed E-state index contributed by atoms with van der Waals surface area (Å²) in [6.07, 6.45) is 0.534. The van der Waals surface area contributed by atoms with E-state index >= 15 is 0 Å². The summed E-state index contributed by atoms with van der Waals surface area (Å²) in [6, 6.07) is 22.8. The standard InChI is InChI=1S/C25H24N2O3/c28-22(21-11-10-18-6-4-5-9-20(18)16-21)24(30)27-15-14-26(17-25(27)12-13-25)23(29)19-7-2-1-3-8-19/h1-11,16,22,28H,12-15,17H2. The van der Waals surface area contributed by atoms with E-state index in [1.165, 1.54) is 0 Å². The molecule has 30 heavy (non-hydrogen) atoms. The summed E-state index contributed by atoms with van der Waals surface area (Å²) in [4.78, 5) is 29.7. The van der Waals surface area contributed by atoms with E-state index in [4.69, 9.17) is 0 Å². The molecule has 5 rings (SSSR count). The lowest BCUT2D eigenvalue weighted by molar-refractivity contribution is -0.146. The van der Waals surface area contributed by atoms with Crippen molar-refractivity contribution in [3.05, 3.63) is 83.9 Å². The Labute approximate surface area is 175 Å². The first-order valence-corrected chi connectivity index (χ1v) is 10.4. The van der Waals surface area contributed by atoms with Crippen LogP contribution in [0.25, 0.3) is 10.8 Å². The first-order valence-electron chi connectivity index (χ1n) is 10.4. The molecule has 5 heteroatoms. The van der Waals surface area contributed by atoms with E-state index in [1.54, 1.807) is 0 Å². The highest BCUT2D eigenvalue weighted by molar-refractivity contribution is 5.94. The summed E-state index contributed by atoms with van der Waals surface area (Å²) in [5, 5.41) is 12.9. The van der Waals surface area contributed by atoms with Gasteiger partial charge in [0.05, 0.1) is 5.54 Å². The molecule has 1 saturated heterocycles. The largest absolute Gasteiger partial charge is 0.378 e. The first-order chi connectivity index (χ1) is 14.6. The van der Waals surface area contributed by atoms with Gasteiger partial charge in [-0.3, -0.25) is 9.59 Å². The Morgan fingerprint density at radius 1 is 0.867 bits per heavy atom. The molecule has 2 amide bonds. The van der Waals surface area contributed by atoms with Crippen LogP contribution in [0, 0.1) is 0 Å². The van der Waals surface area contributed by atoms with Gasteiger partial charge in [0.15, 0.2) is 6.10 Å². The molecule has 0 radical (unpaired) electrons. The van der Waals surface area contributed by atoms with Gasteiger partial charge in [0.25, 0.3) is 11.8 Å². The number of piperazine rings is 1. The molecule has 1 atom stereocenters. The zero-order valence-electron chi connectivity index (χ0n) is 16.7. The summed E-state index contributed by atoms with van der Waals surface area (Å²) in [5.41, 5.74) is 0.944. The van der Waals surface area contributed by atoms with E-state index in [-0.39, 0.29) is 17.4 Å². The molecule has 2 aliphatic rings. The molecule has 0 bridgehead atoms. The third-order valence-electron chi connectivity index (χ3n) is 6.38. The van der Waals surface area contributed by atoms with Crippen LogP contribution in [-0.4, -0.2) is 51.9 Å². The summed E-state index contributed by atoms with van der Waals surface area (Å²) in [5.74, 6) is -0.265. The van der Waals surface area contributed by atoms with E-state index in [0.29, 0.717) is 30.8 Å². The van der Waals surface area contributed by atoms with Gasteiger partial charge in [0, 0.05) is 25.2 Å². The van der Waals surface area contributed by atoms with Crippen molar-refractivity contribution in [2.75, 3.05) is 19.6 Å². The van der Waals surface area contributed by atoms with Gasteiger partial charge in [-0.1, -0.05) is 54.6 Å². The van der Waals surface area contributed by atoms with E-state index in [1.807, 2.05) is 82.6 Å². The van der Waals surface area contributed by atoms with Gasteiger partial charge >= 0.3 is 0 Å². The molecule has 1 aliphatic heterocycles. The van der Waals surface area contributed by atoms with Crippen LogP contribution in [0.2, 0.25) is 0 Å². The van der Waals surface area contributed by atoms with Crippen LogP contribution in [0.4, 0.5) is 0 Å². The molecule has 1 spiro atoms. The van der Waals surface area contributed by atoms with E-state index in [2.05, 4.69) is 0 Å². The highest BCUT2D eigenvalue weighted by atomic mass is 16.3. The minimum atomic E-state index is -1.19. The van der Waals surface area contributed by atoms with E-state index in [9.17, 15) is 14.7 Å². The van der Waals surface area contributed by atoms with Crippen LogP contribution in [0.3, 0.4) is 0 Å². The van der Waals surface area contributed by atoms with Crippen LogP contribution in [0.5, 0.6) is 0 Å². The van der Waals surface area contributed by atoms with Crippen LogP contribution in [-0.2, 0) is 4.79 Å². The quantitative estimate of drug-likeness (QED) is 0.733. The van der Waals surface area contributed by atoms with Crippen molar-refractivity contribution < 1.29 is 14.7 Å². The van der Waals surface area contributed by atoms with Gasteiger partial charge in [0.1, 0.15) is 0 Å². The summed E-state index contributed by atoms with van der Waals surface area (Å²) < 4.78 is 0. The van der Waals surface area contributed by atoms with E-state index < -0.39 is 6.10 Å². The number of carbonyl (C=O) groups is 2. The second-order valence-electron chi connectivity index (χ2n) is 8.32. The second kappa shape index (κ2) is 7.26. The zero-order chi connectivity index (χ0) is 20.7. The number of hydrogen-bond acceptors (Lipinski definition) is 3. The number of nitrogens with zero attached hydrogens (tertiary/aromatic N) is 2. The number of aliphatic hydroxyl groups is 1. The minimum absolute atomic E-state index is 0.00375. The maximum atomic E-state index is 13.2. The average Bonchev–Trinajstić information content (AvgIpc) is 3.57. The fourth-order valence-electron chi connectivity index (χ4n) is 4.50. The molecule has 5 nitrogen and oxygen atoms in total. The Hall–Kier alpha value is -3.18. The van der Waals surface area contributed by atoms with Crippen LogP contribution in [0.1, 0.15) is 34.9 Å². The van der Waals surface area contributed by atoms with Gasteiger partial charge in [-0.15, -0.1) is 0 Å². The lowest BCUT2D eigenvalue weighted by Crippen LogP contribution is -2.59. The summed E-state index contributed by atoms with van der Waals surface area (Å²) in [6.45, 7) is 1.45. The lowest BCUT2D eigenvalue weighted by atomic mass is 10.0. The van der Waals surface area contributed by atoms with Crippen molar-refractivity contribution in [1.29, 1.82) is 0 Å². The smallest absolute Gasteiger partial charge is 0.256 e. The number of carbonyl (C=O) groups excluding carboxylic acids is 2.